The molecule has 0 aromatic heterocycles. The van der Waals surface area contributed by atoms with Crippen molar-refractivity contribution in [1.29, 1.82) is 0 Å². The predicted octanol–water partition coefficient (Wildman–Crippen LogP) is 2.80. The number of aryl methyl sites for hydroxylation is 1. The molecule has 222 valence electrons. The third kappa shape index (κ3) is 7.00. The van der Waals surface area contributed by atoms with Gasteiger partial charge in [0, 0.05) is 32.5 Å². The number of halogens is 1. The van der Waals surface area contributed by atoms with Gasteiger partial charge in [-0.15, -0.1) is 0 Å². The molecule has 2 atom stereocenters. The second-order valence-electron chi connectivity index (χ2n) is 10.1. The summed E-state index contributed by atoms with van der Waals surface area (Å²) in [6, 6.07) is 16.4. The maximum Gasteiger partial charge on any atom is 0.258 e. The van der Waals surface area contributed by atoms with Crippen molar-refractivity contribution in [3.05, 3.63) is 83.7 Å². The second kappa shape index (κ2) is 12.8. The summed E-state index contributed by atoms with van der Waals surface area (Å²) in [7, 11) is -2.46. The summed E-state index contributed by atoms with van der Waals surface area (Å²) in [6.45, 7) is 0.0907. The summed E-state index contributed by atoms with van der Waals surface area (Å²) in [4.78, 5) is 25.4. The van der Waals surface area contributed by atoms with Gasteiger partial charge in [-0.2, -0.15) is 4.31 Å². The van der Waals surface area contributed by atoms with Gasteiger partial charge in [0.15, 0.2) is 18.1 Å². The van der Waals surface area contributed by atoms with Crippen LogP contribution >= 0.6 is 0 Å². The summed E-state index contributed by atoms with van der Waals surface area (Å²) in [5.74, 6) is 0.215. The zero-order valence-corrected chi connectivity index (χ0v) is 23.9. The van der Waals surface area contributed by atoms with E-state index in [9.17, 15) is 22.4 Å². The van der Waals surface area contributed by atoms with E-state index in [-0.39, 0.29) is 30.5 Å². The Morgan fingerprint density at radius 3 is 2.43 bits per heavy atom. The molecule has 3 aromatic rings. The third-order valence-corrected chi connectivity index (χ3v) is 9.12. The molecule has 0 aliphatic carbocycles. The molecule has 5 aliphatic rings. The van der Waals surface area contributed by atoms with E-state index in [2.05, 4.69) is 10.6 Å². The van der Waals surface area contributed by atoms with Crippen LogP contribution in [0.3, 0.4) is 0 Å². The molecule has 1 fully saturated rings. The van der Waals surface area contributed by atoms with Crippen LogP contribution in [0.25, 0.3) is 0 Å². The van der Waals surface area contributed by atoms with Gasteiger partial charge in [-0.05, 0) is 66.1 Å². The standard InChI is InChI=1S/C30H32FN3O7S/c1-39-28-16-20-4-12-27(28)40-19-30(36)33-25-18-34(42(37,38)24-10-6-22(31)7-11-24)15-14-26(25)41-23-8-2-21(3-9-23)17-32-29(35)13-5-20/h2-4,6-12,16,25-26H,5,13-15,17-19H2,1H3,(H,32,35)(H,33,36)/t25-,26-/m1/s1. The first-order valence-corrected chi connectivity index (χ1v) is 15.0. The molecular weight excluding hydrogens is 565 g/mol. The van der Waals surface area contributed by atoms with E-state index in [1.165, 1.54) is 23.5 Å². The van der Waals surface area contributed by atoms with Gasteiger partial charge in [-0.3, -0.25) is 9.59 Å². The number of methoxy groups -OCH3 is 1. The Labute approximate surface area is 243 Å². The first-order chi connectivity index (χ1) is 20.2. The van der Waals surface area contributed by atoms with Crippen LogP contribution in [-0.4, -0.2) is 63.5 Å². The van der Waals surface area contributed by atoms with E-state index >= 15 is 0 Å². The SMILES string of the molecule is COc1cc2ccc1OCC(=O)N[C@@H]1CN(S(=O)(=O)c3ccc(F)cc3)CC[C@H]1Oc1ccc(cc1)CNC(=O)CC2. The van der Waals surface area contributed by atoms with Gasteiger partial charge in [0.2, 0.25) is 15.9 Å². The number of amides is 2. The Hall–Kier alpha value is -4.16. The van der Waals surface area contributed by atoms with Gasteiger partial charge in [-0.25, -0.2) is 12.8 Å². The van der Waals surface area contributed by atoms with E-state index in [1.54, 1.807) is 24.3 Å². The quantitative estimate of drug-likeness (QED) is 0.476. The van der Waals surface area contributed by atoms with Crippen molar-refractivity contribution in [2.45, 2.75) is 42.8 Å². The molecule has 0 spiro atoms. The zero-order valence-electron chi connectivity index (χ0n) is 23.0. The molecule has 2 amide bonds. The first-order valence-electron chi connectivity index (χ1n) is 13.6. The predicted molar refractivity (Wildman–Crippen MR) is 151 cm³/mol. The Kier molecular flexibility index (Phi) is 8.93. The van der Waals surface area contributed by atoms with Gasteiger partial charge in [0.25, 0.3) is 5.91 Å². The van der Waals surface area contributed by atoms with Crippen LogP contribution in [0.15, 0.2) is 71.6 Å². The van der Waals surface area contributed by atoms with Crippen molar-refractivity contribution >= 4 is 21.8 Å². The van der Waals surface area contributed by atoms with Crippen molar-refractivity contribution in [1.82, 2.24) is 14.9 Å². The molecule has 2 N–H and O–H groups in total. The molecule has 42 heavy (non-hydrogen) atoms. The lowest BCUT2D eigenvalue weighted by atomic mass is 10.0. The third-order valence-electron chi connectivity index (χ3n) is 7.24. The molecule has 4 bridgehead atoms. The second-order valence-corrected chi connectivity index (χ2v) is 12.1. The molecule has 10 nitrogen and oxygen atoms in total. The smallest absolute Gasteiger partial charge is 0.258 e. The van der Waals surface area contributed by atoms with Crippen molar-refractivity contribution in [3.63, 3.8) is 0 Å². The lowest BCUT2D eigenvalue weighted by Crippen LogP contribution is -2.58. The number of carbonyl (C=O) groups excluding carboxylic acids is 2. The number of hydrogen-bond donors (Lipinski definition) is 2. The number of carbonyl (C=O) groups is 2. The normalized spacial score (nSPS) is 20.4. The molecular formula is C30H32FN3O7S. The lowest BCUT2D eigenvalue weighted by Gasteiger charge is -2.38. The molecule has 5 heterocycles. The average molecular weight is 598 g/mol. The molecule has 0 radical (unpaired) electrons. The van der Waals surface area contributed by atoms with Crippen LogP contribution in [0.2, 0.25) is 0 Å². The monoisotopic (exact) mass is 597 g/mol. The largest absolute Gasteiger partial charge is 0.493 e. The fraction of sp³-hybridized carbons (Fsp3) is 0.333. The highest BCUT2D eigenvalue weighted by molar-refractivity contribution is 7.89. The Bertz CT molecular complexity index is 1530. The van der Waals surface area contributed by atoms with Crippen LogP contribution in [0.4, 0.5) is 4.39 Å². The number of hydrogen-bond acceptors (Lipinski definition) is 7. The van der Waals surface area contributed by atoms with Crippen LogP contribution in [0, 0.1) is 5.82 Å². The number of sulfonamides is 1. The fourth-order valence-electron chi connectivity index (χ4n) is 4.94. The molecule has 0 unspecified atom stereocenters. The topological polar surface area (TPSA) is 123 Å². The van der Waals surface area contributed by atoms with Crippen molar-refractivity contribution in [2.75, 3.05) is 26.8 Å². The molecule has 12 heteroatoms. The maximum atomic E-state index is 13.4. The number of benzene rings is 3. The molecule has 8 rings (SSSR count). The van der Waals surface area contributed by atoms with Gasteiger partial charge in [-0.1, -0.05) is 18.2 Å². The van der Waals surface area contributed by atoms with E-state index in [0.29, 0.717) is 43.1 Å². The highest BCUT2D eigenvalue weighted by Crippen LogP contribution is 2.29. The minimum atomic E-state index is -3.95. The number of nitrogens with one attached hydrogen (secondary N) is 2. The van der Waals surface area contributed by atoms with Crippen LogP contribution in [-0.2, 0) is 32.6 Å². The first kappa shape index (κ1) is 29.3. The number of ether oxygens (including phenoxy) is 3. The molecule has 1 saturated heterocycles. The minimum absolute atomic E-state index is 0.0388. The van der Waals surface area contributed by atoms with Crippen molar-refractivity contribution < 1.29 is 36.6 Å². The summed E-state index contributed by atoms with van der Waals surface area (Å²) in [5.41, 5.74) is 1.76. The van der Waals surface area contributed by atoms with Gasteiger partial charge in [0.1, 0.15) is 17.7 Å². The number of nitrogens with zero attached hydrogens (tertiary/aromatic N) is 1. The fourth-order valence-corrected chi connectivity index (χ4v) is 6.42. The van der Waals surface area contributed by atoms with Crippen molar-refractivity contribution in [3.8, 4) is 17.2 Å². The molecule has 0 saturated carbocycles. The van der Waals surface area contributed by atoms with Gasteiger partial charge in [0.05, 0.1) is 18.0 Å². The molecule has 5 aliphatic heterocycles. The summed E-state index contributed by atoms with van der Waals surface area (Å²) in [6.07, 6.45) is 0.540. The van der Waals surface area contributed by atoms with Crippen LogP contribution in [0.1, 0.15) is 24.0 Å². The molecule has 3 aromatic carbocycles. The number of piperidine rings is 1. The lowest BCUT2D eigenvalue weighted by molar-refractivity contribution is -0.125. The Balaban J connectivity index is 1.40. The van der Waals surface area contributed by atoms with Crippen LogP contribution in [0.5, 0.6) is 17.2 Å². The zero-order chi connectivity index (χ0) is 29.7. The van der Waals surface area contributed by atoms with Crippen molar-refractivity contribution in [2.24, 2.45) is 0 Å². The van der Waals surface area contributed by atoms with E-state index < -0.39 is 33.9 Å². The highest BCUT2D eigenvalue weighted by atomic mass is 32.2. The van der Waals surface area contributed by atoms with E-state index in [4.69, 9.17) is 14.2 Å². The maximum absolute atomic E-state index is 13.4. The highest BCUT2D eigenvalue weighted by Gasteiger charge is 2.38. The van der Waals surface area contributed by atoms with E-state index in [1.807, 2.05) is 18.2 Å². The van der Waals surface area contributed by atoms with Gasteiger partial charge >= 0.3 is 0 Å². The average Bonchev–Trinajstić information content (AvgIpc) is 2.99. The van der Waals surface area contributed by atoms with Gasteiger partial charge < -0.3 is 24.8 Å². The summed E-state index contributed by atoms with van der Waals surface area (Å²) in [5, 5.41) is 5.80. The minimum Gasteiger partial charge on any atom is -0.493 e. The number of rotatable bonds is 3. The summed E-state index contributed by atoms with van der Waals surface area (Å²) < 4.78 is 58.8. The van der Waals surface area contributed by atoms with Crippen LogP contribution < -0.4 is 24.8 Å². The Morgan fingerprint density at radius 1 is 0.952 bits per heavy atom. The van der Waals surface area contributed by atoms with E-state index in [0.717, 1.165) is 23.3 Å². The Morgan fingerprint density at radius 2 is 1.69 bits per heavy atom. The summed E-state index contributed by atoms with van der Waals surface area (Å²) >= 11 is 0.